The summed E-state index contributed by atoms with van der Waals surface area (Å²) in [6.45, 7) is 7.25. The van der Waals surface area contributed by atoms with Crippen molar-refractivity contribution in [2.45, 2.75) is 39.3 Å². The fourth-order valence-corrected chi connectivity index (χ4v) is 3.00. The Bertz CT molecular complexity index is 850. The second kappa shape index (κ2) is 8.78. The number of rotatable bonds is 7. The summed E-state index contributed by atoms with van der Waals surface area (Å²) < 4.78 is 10.8. The number of ether oxygens (including phenoxy) is 2. The van der Waals surface area contributed by atoms with Crippen molar-refractivity contribution in [3.05, 3.63) is 59.7 Å². The molecule has 1 unspecified atom stereocenters. The maximum Gasteiger partial charge on any atom is 0.414 e. The molecule has 0 aromatic heterocycles. The Morgan fingerprint density at radius 3 is 2.68 bits per heavy atom. The summed E-state index contributed by atoms with van der Waals surface area (Å²) in [4.78, 5) is 25.7. The lowest BCUT2D eigenvalue weighted by molar-refractivity contribution is -0.127. The van der Waals surface area contributed by atoms with Gasteiger partial charge in [0.1, 0.15) is 12.4 Å². The van der Waals surface area contributed by atoms with E-state index in [9.17, 15) is 9.59 Å². The fraction of sp³-hybridized carbons (Fsp3) is 0.364. The highest BCUT2D eigenvalue weighted by atomic mass is 16.6. The predicted octanol–water partition coefficient (Wildman–Crippen LogP) is 3.85. The molecule has 148 valence electrons. The van der Waals surface area contributed by atoms with Crippen molar-refractivity contribution < 1.29 is 19.1 Å². The third-order valence-corrected chi connectivity index (χ3v) is 4.66. The zero-order valence-electron chi connectivity index (χ0n) is 16.5. The monoisotopic (exact) mass is 382 g/mol. The van der Waals surface area contributed by atoms with Crippen LogP contribution in [0.15, 0.2) is 48.5 Å². The second-order valence-corrected chi connectivity index (χ2v) is 7.14. The molecule has 1 atom stereocenters. The average molecular weight is 382 g/mol. The molecule has 1 aliphatic rings. The number of carbonyl (C=O) groups excluding carboxylic acids is 2. The van der Waals surface area contributed by atoms with Gasteiger partial charge in [0.2, 0.25) is 0 Å². The van der Waals surface area contributed by atoms with Crippen molar-refractivity contribution in [3.63, 3.8) is 0 Å². The van der Waals surface area contributed by atoms with Crippen LogP contribution in [-0.2, 0) is 16.1 Å². The van der Waals surface area contributed by atoms with E-state index in [1.165, 1.54) is 5.56 Å². The number of carbonyl (C=O) groups is 2. The first-order chi connectivity index (χ1) is 13.4. The maximum absolute atomic E-state index is 12.4. The Kier molecular flexibility index (Phi) is 6.19. The molecule has 3 rings (SSSR count). The molecule has 0 saturated carbocycles. The topological polar surface area (TPSA) is 67.9 Å². The molecular weight excluding hydrogens is 356 g/mol. The number of nitrogens with zero attached hydrogens (tertiary/aromatic N) is 1. The first kappa shape index (κ1) is 19.7. The van der Waals surface area contributed by atoms with Gasteiger partial charge in [-0.1, -0.05) is 38.1 Å². The van der Waals surface area contributed by atoms with Crippen LogP contribution in [-0.4, -0.2) is 31.3 Å². The van der Waals surface area contributed by atoms with E-state index in [2.05, 4.69) is 19.2 Å². The standard InChI is InChI=1S/C22H26N2O4/c1-15(2)18-7-5-9-20(13-18)28-16(3)21(25)23-14-17-6-4-8-19(12-17)24-10-11-27-22(24)26/h4-9,12-13,15-16H,10-11,14H2,1-3H3,(H,23,25). The van der Waals surface area contributed by atoms with Crippen molar-refractivity contribution in [2.24, 2.45) is 0 Å². The molecule has 28 heavy (non-hydrogen) atoms. The second-order valence-electron chi connectivity index (χ2n) is 7.14. The summed E-state index contributed by atoms with van der Waals surface area (Å²) in [5, 5.41) is 2.89. The van der Waals surface area contributed by atoms with Gasteiger partial charge < -0.3 is 14.8 Å². The van der Waals surface area contributed by atoms with Crippen LogP contribution in [0, 0.1) is 0 Å². The van der Waals surface area contributed by atoms with Crippen molar-refractivity contribution >= 4 is 17.7 Å². The van der Waals surface area contributed by atoms with Crippen LogP contribution in [0.4, 0.5) is 10.5 Å². The van der Waals surface area contributed by atoms with Crippen LogP contribution in [0.1, 0.15) is 37.8 Å². The molecule has 2 aromatic rings. The molecule has 1 aliphatic heterocycles. The lowest BCUT2D eigenvalue weighted by Crippen LogP contribution is -2.36. The summed E-state index contributed by atoms with van der Waals surface area (Å²) in [5.41, 5.74) is 2.84. The highest BCUT2D eigenvalue weighted by Gasteiger charge is 2.23. The van der Waals surface area contributed by atoms with Gasteiger partial charge in [-0.15, -0.1) is 0 Å². The molecule has 6 heteroatoms. The number of cyclic esters (lactones) is 1. The lowest BCUT2D eigenvalue weighted by Gasteiger charge is -2.17. The van der Waals surface area contributed by atoms with E-state index in [-0.39, 0.29) is 12.0 Å². The molecule has 0 radical (unpaired) electrons. The Morgan fingerprint density at radius 2 is 1.96 bits per heavy atom. The zero-order chi connectivity index (χ0) is 20.1. The number of hydrogen-bond acceptors (Lipinski definition) is 4. The van der Waals surface area contributed by atoms with Gasteiger partial charge in [0.05, 0.1) is 6.54 Å². The molecule has 0 aliphatic carbocycles. The summed E-state index contributed by atoms with van der Waals surface area (Å²) in [6, 6.07) is 15.3. The quantitative estimate of drug-likeness (QED) is 0.790. The SMILES string of the molecule is CC(Oc1cccc(C(C)C)c1)C(=O)NCc1cccc(N2CCOC2=O)c1. The van der Waals surface area contributed by atoms with Crippen LogP contribution in [0.25, 0.3) is 0 Å². The van der Waals surface area contributed by atoms with E-state index < -0.39 is 6.10 Å². The van der Waals surface area contributed by atoms with Gasteiger partial charge in [-0.05, 0) is 48.2 Å². The van der Waals surface area contributed by atoms with Crippen molar-refractivity contribution in [1.29, 1.82) is 0 Å². The van der Waals surface area contributed by atoms with Gasteiger partial charge in [-0.3, -0.25) is 9.69 Å². The van der Waals surface area contributed by atoms with Gasteiger partial charge in [0.15, 0.2) is 6.10 Å². The first-order valence-corrected chi connectivity index (χ1v) is 9.51. The minimum Gasteiger partial charge on any atom is -0.481 e. The fourth-order valence-electron chi connectivity index (χ4n) is 3.00. The number of nitrogens with one attached hydrogen (secondary N) is 1. The molecule has 1 fully saturated rings. The molecule has 1 N–H and O–H groups in total. The van der Waals surface area contributed by atoms with Crippen molar-refractivity contribution in [1.82, 2.24) is 5.32 Å². The van der Waals surface area contributed by atoms with Crippen molar-refractivity contribution in [2.75, 3.05) is 18.1 Å². The summed E-state index contributed by atoms with van der Waals surface area (Å²) in [7, 11) is 0. The highest BCUT2D eigenvalue weighted by Crippen LogP contribution is 2.22. The maximum atomic E-state index is 12.4. The van der Waals surface area contributed by atoms with Gasteiger partial charge >= 0.3 is 6.09 Å². The Labute approximate surface area is 165 Å². The van der Waals surface area contributed by atoms with Crippen LogP contribution < -0.4 is 15.0 Å². The molecule has 2 amide bonds. The molecule has 0 spiro atoms. The Hall–Kier alpha value is -3.02. The van der Waals surface area contributed by atoms with Crippen LogP contribution >= 0.6 is 0 Å². The number of amides is 2. The summed E-state index contributed by atoms with van der Waals surface area (Å²) >= 11 is 0. The van der Waals surface area contributed by atoms with E-state index in [1.807, 2.05) is 48.5 Å². The van der Waals surface area contributed by atoms with E-state index in [0.717, 1.165) is 11.3 Å². The molecule has 6 nitrogen and oxygen atoms in total. The Balaban J connectivity index is 1.56. The van der Waals surface area contributed by atoms with Crippen LogP contribution in [0.5, 0.6) is 5.75 Å². The molecule has 1 saturated heterocycles. The minimum atomic E-state index is -0.612. The van der Waals surface area contributed by atoms with Crippen molar-refractivity contribution in [3.8, 4) is 5.75 Å². The third kappa shape index (κ3) is 4.82. The van der Waals surface area contributed by atoms with Gasteiger partial charge in [-0.2, -0.15) is 0 Å². The molecule has 2 aromatic carbocycles. The van der Waals surface area contributed by atoms with E-state index in [0.29, 0.717) is 31.4 Å². The summed E-state index contributed by atoms with van der Waals surface area (Å²) in [6.07, 6.45) is -0.953. The van der Waals surface area contributed by atoms with E-state index in [1.54, 1.807) is 11.8 Å². The Morgan fingerprint density at radius 1 is 1.18 bits per heavy atom. The highest BCUT2D eigenvalue weighted by molar-refractivity contribution is 5.89. The van der Waals surface area contributed by atoms with Gasteiger partial charge in [-0.25, -0.2) is 4.79 Å². The minimum absolute atomic E-state index is 0.194. The normalized spacial score (nSPS) is 14.7. The van der Waals surface area contributed by atoms with Crippen LogP contribution in [0.2, 0.25) is 0 Å². The first-order valence-electron chi connectivity index (χ1n) is 9.51. The molecular formula is C22H26N2O4. The smallest absolute Gasteiger partial charge is 0.414 e. The number of anilines is 1. The van der Waals surface area contributed by atoms with Crippen LogP contribution in [0.3, 0.4) is 0 Å². The molecule has 0 bridgehead atoms. The van der Waals surface area contributed by atoms with E-state index in [4.69, 9.17) is 9.47 Å². The summed E-state index contributed by atoms with van der Waals surface area (Å²) in [5.74, 6) is 0.886. The average Bonchev–Trinajstić information content (AvgIpc) is 3.12. The number of benzene rings is 2. The predicted molar refractivity (Wildman–Crippen MR) is 108 cm³/mol. The lowest BCUT2D eigenvalue weighted by atomic mass is 10.0. The van der Waals surface area contributed by atoms with E-state index >= 15 is 0 Å². The zero-order valence-corrected chi connectivity index (χ0v) is 16.5. The third-order valence-electron chi connectivity index (χ3n) is 4.66. The van der Waals surface area contributed by atoms with Gasteiger partial charge in [0.25, 0.3) is 5.91 Å². The van der Waals surface area contributed by atoms with Gasteiger partial charge in [0, 0.05) is 12.2 Å². The number of hydrogen-bond donors (Lipinski definition) is 1. The molecule has 1 heterocycles. The largest absolute Gasteiger partial charge is 0.481 e.